The summed E-state index contributed by atoms with van der Waals surface area (Å²) in [7, 11) is 0. The molecule has 1 fully saturated rings. The molecule has 1 aliphatic rings. The predicted molar refractivity (Wildman–Crippen MR) is 93.6 cm³/mol. The van der Waals surface area contributed by atoms with Gasteiger partial charge in [0.15, 0.2) is 6.61 Å². The normalized spacial score (nSPS) is 24.6. The van der Waals surface area contributed by atoms with Gasteiger partial charge >= 0.3 is 5.97 Å². The van der Waals surface area contributed by atoms with Gasteiger partial charge in [-0.25, -0.2) is 4.79 Å². The molecule has 0 aliphatic heterocycles. The van der Waals surface area contributed by atoms with E-state index in [1.807, 2.05) is 12.1 Å². The summed E-state index contributed by atoms with van der Waals surface area (Å²) in [5, 5.41) is 3.00. The summed E-state index contributed by atoms with van der Waals surface area (Å²) in [6.07, 6.45) is 3.36. The SMILES string of the molecule is C[C@@H]1[C@H](C)CCC[C@H]1NC(=O)COC(=O)c1ccccc1I. The van der Waals surface area contributed by atoms with E-state index < -0.39 is 5.97 Å². The summed E-state index contributed by atoms with van der Waals surface area (Å²) in [5.74, 6) is 0.409. The lowest BCUT2D eigenvalue weighted by Gasteiger charge is -2.34. The molecule has 1 saturated carbocycles. The molecule has 0 unspecified atom stereocenters. The lowest BCUT2D eigenvalue weighted by Crippen LogP contribution is -2.45. The van der Waals surface area contributed by atoms with Gasteiger partial charge in [0.05, 0.1) is 5.56 Å². The summed E-state index contributed by atoms with van der Waals surface area (Å²) in [4.78, 5) is 24.0. The first-order chi connectivity index (χ1) is 10.5. The molecule has 1 aromatic rings. The van der Waals surface area contributed by atoms with Gasteiger partial charge in [0.1, 0.15) is 0 Å². The van der Waals surface area contributed by atoms with Crippen LogP contribution in [0.25, 0.3) is 0 Å². The minimum atomic E-state index is -0.454. The third-order valence-electron chi connectivity index (χ3n) is 4.48. The van der Waals surface area contributed by atoms with E-state index in [-0.39, 0.29) is 18.6 Å². The smallest absolute Gasteiger partial charge is 0.339 e. The van der Waals surface area contributed by atoms with Crippen LogP contribution < -0.4 is 5.32 Å². The van der Waals surface area contributed by atoms with Gasteiger partial charge in [0.2, 0.25) is 0 Å². The molecule has 22 heavy (non-hydrogen) atoms. The lowest BCUT2D eigenvalue weighted by molar-refractivity contribution is -0.125. The second kappa shape index (κ2) is 7.94. The van der Waals surface area contributed by atoms with E-state index in [0.717, 1.165) is 16.4 Å². The average molecular weight is 415 g/mol. The van der Waals surface area contributed by atoms with Crippen molar-refractivity contribution in [1.29, 1.82) is 0 Å². The fourth-order valence-electron chi connectivity index (χ4n) is 2.87. The zero-order valence-electron chi connectivity index (χ0n) is 13.0. The van der Waals surface area contributed by atoms with Crippen molar-refractivity contribution in [2.45, 2.75) is 39.2 Å². The Hall–Kier alpha value is -1.11. The Bertz CT molecular complexity index is 546. The summed E-state index contributed by atoms with van der Waals surface area (Å²) in [6.45, 7) is 4.18. The first-order valence-electron chi connectivity index (χ1n) is 7.70. The lowest BCUT2D eigenvalue weighted by atomic mass is 9.78. The Labute approximate surface area is 145 Å². The van der Waals surface area contributed by atoms with Crippen LogP contribution >= 0.6 is 22.6 Å². The number of amides is 1. The highest BCUT2D eigenvalue weighted by Gasteiger charge is 2.28. The number of halogens is 1. The van der Waals surface area contributed by atoms with Crippen LogP contribution in [0.5, 0.6) is 0 Å². The average Bonchev–Trinajstić information content (AvgIpc) is 2.50. The van der Waals surface area contributed by atoms with Gasteiger partial charge in [-0.15, -0.1) is 0 Å². The number of hydrogen-bond acceptors (Lipinski definition) is 3. The molecule has 0 radical (unpaired) electrons. The molecule has 2 rings (SSSR count). The quantitative estimate of drug-likeness (QED) is 0.606. The Morgan fingerprint density at radius 1 is 1.27 bits per heavy atom. The third-order valence-corrected chi connectivity index (χ3v) is 5.42. The van der Waals surface area contributed by atoms with Crippen molar-refractivity contribution in [3.63, 3.8) is 0 Å². The van der Waals surface area contributed by atoms with E-state index in [0.29, 0.717) is 17.4 Å². The van der Waals surface area contributed by atoms with E-state index in [2.05, 4.69) is 41.8 Å². The Morgan fingerprint density at radius 2 is 2.00 bits per heavy atom. The zero-order valence-corrected chi connectivity index (χ0v) is 15.1. The van der Waals surface area contributed by atoms with E-state index in [4.69, 9.17) is 4.74 Å². The molecule has 120 valence electrons. The van der Waals surface area contributed by atoms with Gasteiger partial charge in [-0.05, 0) is 53.0 Å². The molecule has 3 atom stereocenters. The highest BCUT2D eigenvalue weighted by molar-refractivity contribution is 14.1. The molecule has 0 saturated heterocycles. The number of benzene rings is 1. The largest absolute Gasteiger partial charge is 0.452 e. The minimum Gasteiger partial charge on any atom is -0.452 e. The fraction of sp³-hybridized carbons (Fsp3) is 0.529. The third kappa shape index (κ3) is 4.44. The maximum Gasteiger partial charge on any atom is 0.339 e. The molecular weight excluding hydrogens is 393 g/mol. The van der Waals surface area contributed by atoms with Crippen LogP contribution in [-0.4, -0.2) is 24.5 Å². The van der Waals surface area contributed by atoms with Crippen LogP contribution in [0.2, 0.25) is 0 Å². The second-order valence-corrected chi connectivity index (χ2v) is 7.16. The van der Waals surface area contributed by atoms with Gasteiger partial charge in [-0.3, -0.25) is 4.79 Å². The Balaban J connectivity index is 1.83. The van der Waals surface area contributed by atoms with Crippen molar-refractivity contribution < 1.29 is 14.3 Å². The van der Waals surface area contributed by atoms with Crippen molar-refractivity contribution in [3.8, 4) is 0 Å². The van der Waals surface area contributed by atoms with Crippen molar-refractivity contribution in [2.75, 3.05) is 6.61 Å². The van der Waals surface area contributed by atoms with Crippen molar-refractivity contribution >= 4 is 34.5 Å². The number of rotatable bonds is 4. The highest BCUT2D eigenvalue weighted by atomic mass is 127. The number of nitrogens with one attached hydrogen (secondary N) is 1. The summed E-state index contributed by atoms with van der Waals surface area (Å²) in [6, 6.07) is 7.36. The molecule has 1 aliphatic carbocycles. The highest BCUT2D eigenvalue weighted by Crippen LogP contribution is 2.29. The van der Waals surface area contributed by atoms with Crippen LogP contribution in [0.15, 0.2) is 24.3 Å². The second-order valence-electron chi connectivity index (χ2n) is 6.00. The fourth-order valence-corrected chi connectivity index (χ4v) is 3.48. The molecule has 4 nitrogen and oxygen atoms in total. The Kier molecular flexibility index (Phi) is 6.23. The monoisotopic (exact) mass is 415 g/mol. The first-order valence-corrected chi connectivity index (χ1v) is 8.78. The summed E-state index contributed by atoms with van der Waals surface area (Å²) < 4.78 is 5.94. The van der Waals surface area contributed by atoms with Crippen LogP contribution in [0.4, 0.5) is 0 Å². The standard InChI is InChI=1S/C17H22INO3/c1-11-6-5-9-15(12(11)2)19-16(20)10-22-17(21)13-7-3-4-8-14(13)18/h3-4,7-8,11-12,15H,5-6,9-10H2,1-2H3,(H,19,20)/t11-,12-,15-/m1/s1. The number of hydrogen-bond donors (Lipinski definition) is 1. The number of esters is 1. The maximum atomic E-state index is 12.0. The molecule has 1 N–H and O–H groups in total. The molecule has 0 bridgehead atoms. The topological polar surface area (TPSA) is 55.4 Å². The molecule has 0 heterocycles. The van der Waals surface area contributed by atoms with E-state index in [1.54, 1.807) is 12.1 Å². The van der Waals surface area contributed by atoms with Crippen LogP contribution in [0.1, 0.15) is 43.5 Å². The van der Waals surface area contributed by atoms with Gasteiger partial charge in [0, 0.05) is 9.61 Å². The molecular formula is C17H22INO3. The molecule has 0 aromatic heterocycles. The van der Waals surface area contributed by atoms with Crippen molar-refractivity contribution in [3.05, 3.63) is 33.4 Å². The number of carbonyl (C=O) groups excluding carboxylic acids is 2. The van der Waals surface area contributed by atoms with Gasteiger partial charge in [-0.2, -0.15) is 0 Å². The van der Waals surface area contributed by atoms with Gasteiger partial charge < -0.3 is 10.1 Å². The molecule has 1 aromatic carbocycles. The van der Waals surface area contributed by atoms with E-state index in [9.17, 15) is 9.59 Å². The van der Waals surface area contributed by atoms with Gasteiger partial charge in [0.25, 0.3) is 5.91 Å². The van der Waals surface area contributed by atoms with Crippen molar-refractivity contribution in [2.24, 2.45) is 11.8 Å². The van der Waals surface area contributed by atoms with Gasteiger partial charge in [-0.1, -0.05) is 38.8 Å². The van der Waals surface area contributed by atoms with Crippen LogP contribution in [0, 0.1) is 15.4 Å². The Morgan fingerprint density at radius 3 is 2.73 bits per heavy atom. The molecule has 1 amide bonds. The maximum absolute atomic E-state index is 12.0. The zero-order chi connectivity index (χ0) is 16.1. The summed E-state index contributed by atoms with van der Waals surface area (Å²) >= 11 is 2.08. The van der Waals surface area contributed by atoms with Crippen molar-refractivity contribution in [1.82, 2.24) is 5.32 Å². The van der Waals surface area contributed by atoms with Crippen LogP contribution in [-0.2, 0) is 9.53 Å². The number of carbonyl (C=O) groups is 2. The first kappa shape index (κ1) is 17.2. The number of ether oxygens (including phenoxy) is 1. The molecule has 0 spiro atoms. The summed E-state index contributed by atoms with van der Waals surface area (Å²) in [5.41, 5.74) is 0.496. The predicted octanol–water partition coefficient (Wildman–Crippen LogP) is 3.39. The van der Waals surface area contributed by atoms with Crippen LogP contribution in [0.3, 0.4) is 0 Å². The van der Waals surface area contributed by atoms with E-state index >= 15 is 0 Å². The molecule has 5 heteroatoms. The minimum absolute atomic E-state index is 0.187. The van der Waals surface area contributed by atoms with E-state index in [1.165, 1.54) is 6.42 Å².